The lowest BCUT2D eigenvalue weighted by molar-refractivity contribution is -0.754. The maximum Gasteiger partial charge on any atom is 0.294 e. The summed E-state index contributed by atoms with van der Waals surface area (Å²) in [6.45, 7) is -0.273. The third kappa shape index (κ3) is 6.38. The molecule has 0 unspecified atom stereocenters. The second-order valence-corrected chi connectivity index (χ2v) is 10.3. The molecule has 0 spiro atoms. The molecule has 4 atom stereocenters. The zero-order valence-electron chi connectivity index (χ0n) is 21.8. The summed E-state index contributed by atoms with van der Waals surface area (Å²) in [5.74, 6) is 1.34. The second-order valence-electron chi connectivity index (χ2n) is 10.3. The Kier molecular flexibility index (Phi) is 8.63. The van der Waals surface area contributed by atoms with Crippen molar-refractivity contribution in [1.82, 2.24) is 0 Å². The van der Waals surface area contributed by atoms with Crippen molar-refractivity contribution < 1.29 is 29.0 Å². The van der Waals surface area contributed by atoms with Gasteiger partial charge in [0.15, 0.2) is 11.5 Å². The van der Waals surface area contributed by atoms with Crippen molar-refractivity contribution in [3.8, 4) is 11.5 Å². The fourth-order valence-electron chi connectivity index (χ4n) is 5.94. The lowest BCUT2D eigenvalue weighted by Crippen LogP contribution is -2.36. The highest BCUT2D eigenvalue weighted by Crippen LogP contribution is 2.40. The van der Waals surface area contributed by atoms with Crippen LogP contribution in [-0.2, 0) is 14.4 Å². The van der Waals surface area contributed by atoms with Gasteiger partial charge in [0.05, 0.1) is 25.0 Å². The Morgan fingerprint density at radius 2 is 1.74 bits per heavy atom. The number of methoxy groups -OCH3 is 1. The molecule has 38 heavy (non-hydrogen) atoms. The Balaban J connectivity index is 1.37. The molecule has 204 valence electrons. The molecule has 2 aliphatic carbocycles. The zero-order chi connectivity index (χ0) is 26.3. The molecule has 0 N–H and O–H groups in total. The maximum absolute atomic E-state index is 10.9. The molecule has 5 rings (SSSR count). The van der Waals surface area contributed by atoms with Gasteiger partial charge in [0.1, 0.15) is 6.61 Å². The first kappa shape index (κ1) is 26.3. The van der Waals surface area contributed by atoms with Gasteiger partial charge in [-0.1, -0.05) is 54.4 Å². The molecule has 2 aromatic carbocycles. The molecule has 0 amide bonds. The smallest absolute Gasteiger partial charge is 0.294 e. The lowest BCUT2D eigenvalue weighted by atomic mass is 9.81. The summed E-state index contributed by atoms with van der Waals surface area (Å²) in [5.41, 5.74) is 2.63. The first-order valence-corrected chi connectivity index (χ1v) is 13.7. The van der Waals surface area contributed by atoms with Crippen molar-refractivity contribution in [2.24, 2.45) is 5.16 Å². The first-order valence-electron chi connectivity index (χ1n) is 13.7. The Hall–Kier alpha value is -3.33. The van der Waals surface area contributed by atoms with E-state index in [2.05, 4.69) is 29.4 Å². The van der Waals surface area contributed by atoms with Crippen molar-refractivity contribution in [3.05, 3.63) is 69.8 Å². The van der Waals surface area contributed by atoms with Crippen LogP contribution in [0.5, 0.6) is 11.5 Å². The Labute approximate surface area is 223 Å². The largest absolute Gasteiger partial charge is 0.493 e. The number of hydrogen-bond donors (Lipinski definition) is 0. The highest BCUT2D eigenvalue weighted by molar-refractivity contribution is 5.92. The SMILES string of the molecule is COc1ccc([C@@H]2C[C@@H](O[C@H]3CCCC[C@@H]3c3ccccc3)ON=C2CO[N+](=O)[O-])cc1OC1CCCC1. The van der Waals surface area contributed by atoms with Crippen molar-refractivity contribution in [2.75, 3.05) is 13.7 Å². The van der Waals surface area contributed by atoms with Crippen LogP contribution in [0.2, 0.25) is 0 Å². The molecule has 3 aliphatic rings. The average Bonchev–Trinajstić information content (AvgIpc) is 3.46. The molecule has 0 aromatic heterocycles. The molecular weight excluding hydrogens is 488 g/mol. The van der Waals surface area contributed by atoms with Crippen molar-refractivity contribution in [2.45, 2.75) is 88.1 Å². The second kappa shape index (κ2) is 12.5. The third-order valence-electron chi connectivity index (χ3n) is 7.88. The van der Waals surface area contributed by atoms with Crippen LogP contribution < -0.4 is 9.47 Å². The van der Waals surface area contributed by atoms with Gasteiger partial charge in [-0.3, -0.25) is 0 Å². The molecule has 9 heteroatoms. The van der Waals surface area contributed by atoms with E-state index in [0.29, 0.717) is 29.5 Å². The summed E-state index contributed by atoms with van der Waals surface area (Å²) in [4.78, 5) is 21.4. The van der Waals surface area contributed by atoms with Crippen LogP contribution in [0.25, 0.3) is 0 Å². The summed E-state index contributed by atoms with van der Waals surface area (Å²) < 4.78 is 18.4. The van der Waals surface area contributed by atoms with Crippen LogP contribution >= 0.6 is 0 Å². The van der Waals surface area contributed by atoms with E-state index in [-0.39, 0.29) is 24.7 Å². The minimum Gasteiger partial charge on any atom is -0.493 e. The van der Waals surface area contributed by atoms with Gasteiger partial charge < -0.3 is 23.9 Å². The standard InChI is InChI=1S/C29H36N2O7/c1-34-27-16-15-21(17-28(27)36-22-11-5-6-12-22)24-18-29(38-30-25(24)19-35-31(32)33)37-26-14-8-7-13-23(26)20-9-3-2-4-10-20/h2-4,9-10,15-17,22-24,26,29H,5-8,11-14,18-19H2,1H3/t23-,24+,26+,29+/m1/s1. The lowest BCUT2D eigenvalue weighted by Gasteiger charge is -2.36. The van der Waals surface area contributed by atoms with Gasteiger partial charge in [0.2, 0.25) is 6.29 Å². The summed E-state index contributed by atoms with van der Waals surface area (Å²) in [6.07, 6.45) is 8.72. The molecule has 1 heterocycles. The zero-order valence-corrected chi connectivity index (χ0v) is 21.8. The van der Waals surface area contributed by atoms with E-state index in [4.69, 9.17) is 23.9 Å². The third-order valence-corrected chi connectivity index (χ3v) is 7.88. The van der Waals surface area contributed by atoms with Crippen molar-refractivity contribution >= 4 is 5.71 Å². The average molecular weight is 525 g/mol. The fraction of sp³-hybridized carbons (Fsp3) is 0.552. The van der Waals surface area contributed by atoms with Gasteiger partial charge in [-0.25, -0.2) is 0 Å². The number of ether oxygens (including phenoxy) is 3. The molecule has 0 radical (unpaired) electrons. The van der Waals surface area contributed by atoms with E-state index >= 15 is 0 Å². The molecule has 2 fully saturated rings. The van der Waals surface area contributed by atoms with Crippen LogP contribution in [0.15, 0.2) is 53.7 Å². The van der Waals surface area contributed by atoms with E-state index in [1.807, 2.05) is 24.3 Å². The van der Waals surface area contributed by atoms with Gasteiger partial charge in [-0.2, -0.15) is 0 Å². The molecule has 0 saturated heterocycles. The minimum atomic E-state index is -0.808. The van der Waals surface area contributed by atoms with Gasteiger partial charge in [-0.05, 0) is 61.8 Å². The number of hydrogen-bond acceptors (Lipinski definition) is 8. The van der Waals surface area contributed by atoms with Crippen molar-refractivity contribution in [3.63, 3.8) is 0 Å². The maximum atomic E-state index is 10.9. The van der Waals surface area contributed by atoms with E-state index in [9.17, 15) is 10.1 Å². The predicted octanol–water partition coefficient (Wildman–Crippen LogP) is 6.15. The van der Waals surface area contributed by atoms with Crippen LogP contribution in [0, 0.1) is 10.1 Å². The molecule has 2 aromatic rings. The fourth-order valence-corrected chi connectivity index (χ4v) is 5.94. The van der Waals surface area contributed by atoms with Crippen LogP contribution in [0.3, 0.4) is 0 Å². The molecule has 0 bridgehead atoms. The van der Waals surface area contributed by atoms with Gasteiger partial charge in [0, 0.05) is 18.3 Å². The van der Waals surface area contributed by atoms with Gasteiger partial charge in [0.25, 0.3) is 5.09 Å². The van der Waals surface area contributed by atoms with E-state index in [1.165, 1.54) is 12.0 Å². The number of oxime groups is 1. The molecule has 9 nitrogen and oxygen atoms in total. The van der Waals surface area contributed by atoms with E-state index in [1.54, 1.807) is 7.11 Å². The predicted molar refractivity (Wildman–Crippen MR) is 141 cm³/mol. The summed E-state index contributed by atoms with van der Waals surface area (Å²) in [7, 11) is 1.62. The normalized spacial score (nSPS) is 25.8. The molecule has 1 aliphatic heterocycles. The topological polar surface area (TPSA) is 102 Å². The van der Waals surface area contributed by atoms with Gasteiger partial charge in [-0.15, -0.1) is 10.1 Å². The molecular formula is C29H36N2O7. The van der Waals surface area contributed by atoms with E-state index in [0.717, 1.165) is 50.5 Å². The van der Waals surface area contributed by atoms with Crippen LogP contribution in [0.1, 0.15) is 80.8 Å². The summed E-state index contributed by atoms with van der Waals surface area (Å²) in [6, 6.07) is 16.3. The highest BCUT2D eigenvalue weighted by Gasteiger charge is 2.35. The Morgan fingerprint density at radius 3 is 2.50 bits per heavy atom. The van der Waals surface area contributed by atoms with E-state index < -0.39 is 11.4 Å². The number of benzene rings is 2. The highest BCUT2D eigenvalue weighted by atomic mass is 16.9. The van der Waals surface area contributed by atoms with Crippen LogP contribution in [0.4, 0.5) is 0 Å². The Morgan fingerprint density at radius 1 is 0.974 bits per heavy atom. The first-order chi connectivity index (χ1) is 18.6. The molecule has 2 saturated carbocycles. The number of nitrogens with zero attached hydrogens (tertiary/aromatic N) is 2. The quantitative estimate of drug-likeness (QED) is 0.271. The number of rotatable bonds is 10. The minimum absolute atomic E-state index is 0.0145. The monoisotopic (exact) mass is 524 g/mol. The van der Waals surface area contributed by atoms with Crippen LogP contribution in [-0.4, -0.2) is 43.0 Å². The van der Waals surface area contributed by atoms with Crippen molar-refractivity contribution in [1.29, 1.82) is 0 Å². The summed E-state index contributed by atoms with van der Waals surface area (Å²) >= 11 is 0. The Bertz CT molecular complexity index is 1100. The summed E-state index contributed by atoms with van der Waals surface area (Å²) in [5, 5.41) is 14.4. The van der Waals surface area contributed by atoms with Gasteiger partial charge >= 0.3 is 0 Å².